The maximum absolute atomic E-state index is 12.3. The molecule has 1 aromatic rings. The second-order valence-corrected chi connectivity index (χ2v) is 5.36. The van der Waals surface area contributed by atoms with E-state index in [1.165, 1.54) is 18.4 Å². The van der Waals surface area contributed by atoms with Crippen LogP contribution < -0.4 is 16.4 Å². The fourth-order valence-corrected chi connectivity index (χ4v) is 2.83. The van der Waals surface area contributed by atoms with Gasteiger partial charge in [-0.05, 0) is 6.42 Å². The Kier molecular flexibility index (Phi) is 4.28. The zero-order valence-corrected chi connectivity index (χ0v) is 12.1. The first-order valence-electron chi connectivity index (χ1n) is 6.13. The van der Waals surface area contributed by atoms with Crippen molar-refractivity contribution in [2.75, 3.05) is 38.3 Å². The predicted molar refractivity (Wildman–Crippen MR) is 75.9 cm³/mol. The summed E-state index contributed by atoms with van der Waals surface area (Å²) in [5.41, 5.74) is 5.74. The summed E-state index contributed by atoms with van der Waals surface area (Å²) in [6, 6.07) is -0.0932. The normalized spacial score (nSPS) is 17.9. The number of amides is 2. The molecular formula is C11H17N5O3S. The number of methoxy groups -OCH3 is 1. The fourth-order valence-electron chi connectivity index (χ4n) is 2.02. The van der Waals surface area contributed by atoms with Gasteiger partial charge in [-0.15, -0.1) is 0 Å². The number of nitrogens with two attached hydrogens (primary N) is 1. The van der Waals surface area contributed by atoms with Gasteiger partial charge in [-0.25, -0.2) is 9.78 Å². The van der Waals surface area contributed by atoms with Crippen LogP contribution >= 0.6 is 11.3 Å². The van der Waals surface area contributed by atoms with Crippen molar-refractivity contribution in [1.29, 1.82) is 0 Å². The third-order valence-electron chi connectivity index (χ3n) is 3.04. The van der Waals surface area contributed by atoms with Gasteiger partial charge < -0.3 is 26.0 Å². The highest BCUT2D eigenvalue weighted by Crippen LogP contribution is 2.27. The van der Waals surface area contributed by atoms with Crippen LogP contribution in [-0.2, 0) is 4.74 Å². The molecule has 2 rings (SSSR count). The van der Waals surface area contributed by atoms with Gasteiger partial charge in [-0.1, -0.05) is 11.3 Å². The standard InChI is InChI=1S/C11H17N5O3S/c1-13-10-15-8(12)7(20-10)9(17)16-4-3-6(5-16)14-11(18)19-2/h6H,3-5,12H2,1-2H3,(H,13,15)(H,14,18). The molecule has 1 fully saturated rings. The lowest BCUT2D eigenvalue weighted by atomic mass is 10.3. The Hall–Kier alpha value is -2.03. The van der Waals surface area contributed by atoms with Crippen LogP contribution in [0.15, 0.2) is 0 Å². The first-order chi connectivity index (χ1) is 9.55. The van der Waals surface area contributed by atoms with Crippen LogP contribution in [-0.4, -0.2) is 55.2 Å². The van der Waals surface area contributed by atoms with Crippen molar-refractivity contribution in [3.8, 4) is 0 Å². The van der Waals surface area contributed by atoms with Crippen molar-refractivity contribution < 1.29 is 14.3 Å². The molecule has 0 radical (unpaired) electrons. The summed E-state index contributed by atoms with van der Waals surface area (Å²) >= 11 is 1.22. The van der Waals surface area contributed by atoms with E-state index in [0.717, 1.165) is 0 Å². The molecule has 1 aliphatic heterocycles. The van der Waals surface area contributed by atoms with Crippen molar-refractivity contribution >= 4 is 34.3 Å². The quantitative estimate of drug-likeness (QED) is 0.742. The molecule has 2 amide bonds. The minimum atomic E-state index is -0.487. The van der Waals surface area contributed by atoms with E-state index in [2.05, 4.69) is 20.4 Å². The summed E-state index contributed by atoms with van der Waals surface area (Å²) in [5, 5.41) is 6.15. The second-order valence-electron chi connectivity index (χ2n) is 4.36. The summed E-state index contributed by atoms with van der Waals surface area (Å²) in [4.78, 5) is 29.6. The average molecular weight is 299 g/mol. The fraction of sp³-hybridized carbons (Fsp3) is 0.545. The van der Waals surface area contributed by atoms with E-state index >= 15 is 0 Å². The number of anilines is 2. The molecule has 2 heterocycles. The maximum Gasteiger partial charge on any atom is 0.407 e. The number of ether oxygens (including phenoxy) is 1. The molecule has 0 bridgehead atoms. The lowest BCUT2D eigenvalue weighted by molar-refractivity contribution is 0.0793. The Morgan fingerprint density at radius 2 is 2.30 bits per heavy atom. The largest absolute Gasteiger partial charge is 0.453 e. The molecule has 20 heavy (non-hydrogen) atoms. The Balaban J connectivity index is 2.00. The number of carbonyl (C=O) groups excluding carboxylic acids is 2. The van der Waals surface area contributed by atoms with Crippen molar-refractivity contribution in [2.45, 2.75) is 12.5 Å². The molecule has 8 nitrogen and oxygen atoms in total. The van der Waals surface area contributed by atoms with Gasteiger partial charge in [0.1, 0.15) is 10.7 Å². The predicted octanol–water partition coefficient (Wildman–Crippen LogP) is 0.338. The Morgan fingerprint density at radius 3 is 2.90 bits per heavy atom. The number of rotatable bonds is 3. The van der Waals surface area contributed by atoms with E-state index in [9.17, 15) is 9.59 Å². The van der Waals surface area contributed by atoms with Gasteiger partial charge in [0.2, 0.25) is 0 Å². The monoisotopic (exact) mass is 299 g/mol. The van der Waals surface area contributed by atoms with Gasteiger partial charge in [0.05, 0.1) is 13.2 Å². The number of nitrogen functional groups attached to an aromatic ring is 1. The number of aromatic nitrogens is 1. The van der Waals surface area contributed by atoms with Crippen LogP contribution in [0.1, 0.15) is 16.1 Å². The van der Waals surface area contributed by atoms with Crippen molar-refractivity contribution in [3.63, 3.8) is 0 Å². The van der Waals surface area contributed by atoms with Crippen LogP contribution in [0.4, 0.5) is 15.7 Å². The Labute approximate surface area is 120 Å². The van der Waals surface area contributed by atoms with E-state index in [1.54, 1.807) is 11.9 Å². The van der Waals surface area contributed by atoms with Gasteiger partial charge in [-0.3, -0.25) is 4.79 Å². The SMILES string of the molecule is CNc1nc(N)c(C(=O)N2CCC(NC(=O)OC)C2)s1. The molecule has 1 aromatic heterocycles. The van der Waals surface area contributed by atoms with Crippen LogP contribution in [0, 0.1) is 0 Å². The topological polar surface area (TPSA) is 110 Å². The van der Waals surface area contributed by atoms with E-state index < -0.39 is 6.09 Å². The smallest absolute Gasteiger partial charge is 0.407 e. The van der Waals surface area contributed by atoms with Crippen LogP contribution in [0.25, 0.3) is 0 Å². The molecule has 0 spiro atoms. The number of alkyl carbamates (subject to hydrolysis) is 1. The number of carbonyl (C=O) groups is 2. The Bertz CT molecular complexity index is 518. The number of nitrogens with one attached hydrogen (secondary N) is 2. The lowest BCUT2D eigenvalue weighted by Gasteiger charge is -2.16. The van der Waals surface area contributed by atoms with Gasteiger partial charge in [0, 0.05) is 20.1 Å². The summed E-state index contributed by atoms with van der Waals surface area (Å²) in [5.74, 6) is 0.0735. The molecule has 1 aliphatic rings. The molecule has 110 valence electrons. The average Bonchev–Trinajstić information content (AvgIpc) is 3.04. The lowest BCUT2D eigenvalue weighted by Crippen LogP contribution is -2.38. The first-order valence-corrected chi connectivity index (χ1v) is 6.94. The molecule has 9 heteroatoms. The highest BCUT2D eigenvalue weighted by Gasteiger charge is 2.30. The minimum Gasteiger partial charge on any atom is -0.453 e. The first kappa shape index (κ1) is 14.4. The van der Waals surface area contributed by atoms with Gasteiger partial charge in [0.15, 0.2) is 5.13 Å². The zero-order valence-electron chi connectivity index (χ0n) is 11.3. The van der Waals surface area contributed by atoms with E-state index in [1.807, 2.05) is 0 Å². The third-order valence-corrected chi connectivity index (χ3v) is 4.12. The van der Waals surface area contributed by atoms with E-state index in [-0.39, 0.29) is 17.8 Å². The highest BCUT2D eigenvalue weighted by atomic mass is 32.1. The molecule has 1 atom stereocenters. The Morgan fingerprint density at radius 1 is 1.55 bits per heavy atom. The molecule has 0 aliphatic carbocycles. The third kappa shape index (κ3) is 2.93. The molecular weight excluding hydrogens is 282 g/mol. The van der Waals surface area contributed by atoms with Crippen molar-refractivity contribution in [1.82, 2.24) is 15.2 Å². The molecule has 1 unspecified atom stereocenters. The second kappa shape index (κ2) is 5.95. The number of hydrogen-bond acceptors (Lipinski definition) is 7. The summed E-state index contributed by atoms with van der Waals surface area (Å²) in [7, 11) is 3.03. The number of likely N-dealkylation sites (tertiary alicyclic amines) is 1. The van der Waals surface area contributed by atoms with Crippen molar-refractivity contribution in [3.05, 3.63) is 4.88 Å². The summed E-state index contributed by atoms with van der Waals surface area (Å²) in [6.45, 7) is 1.01. The number of thiazole rings is 1. The van der Waals surface area contributed by atoms with Crippen LogP contribution in [0.2, 0.25) is 0 Å². The summed E-state index contributed by atoms with van der Waals surface area (Å²) < 4.78 is 4.54. The highest BCUT2D eigenvalue weighted by molar-refractivity contribution is 7.18. The molecule has 0 aromatic carbocycles. The van der Waals surface area contributed by atoms with Gasteiger partial charge in [0.25, 0.3) is 5.91 Å². The van der Waals surface area contributed by atoms with Gasteiger partial charge >= 0.3 is 6.09 Å². The van der Waals surface area contributed by atoms with Crippen molar-refractivity contribution in [2.24, 2.45) is 0 Å². The van der Waals surface area contributed by atoms with E-state index in [0.29, 0.717) is 29.5 Å². The minimum absolute atomic E-state index is 0.0932. The van der Waals surface area contributed by atoms with Crippen LogP contribution in [0.5, 0.6) is 0 Å². The molecule has 0 saturated carbocycles. The molecule has 1 saturated heterocycles. The number of hydrogen-bond donors (Lipinski definition) is 3. The zero-order chi connectivity index (χ0) is 14.7. The van der Waals surface area contributed by atoms with Gasteiger partial charge in [-0.2, -0.15) is 0 Å². The number of nitrogens with zero attached hydrogens (tertiary/aromatic N) is 2. The molecule has 4 N–H and O–H groups in total. The van der Waals surface area contributed by atoms with E-state index in [4.69, 9.17) is 5.73 Å². The maximum atomic E-state index is 12.3. The summed E-state index contributed by atoms with van der Waals surface area (Å²) in [6.07, 6.45) is 0.206. The van der Waals surface area contributed by atoms with Crippen LogP contribution in [0.3, 0.4) is 0 Å².